The molecule has 1 N–H and O–H groups in total. The Morgan fingerprint density at radius 1 is 1.44 bits per heavy atom. The van der Waals surface area contributed by atoms with Gasteiger partial charge in [0, 0.05) is 29.1 Å². The van der Waals surface area contributed by atoms with Crippen LogP contribution >= 0.6 is 22.6 Å². The maximum Gasteiger partial charge on any atom is 0.245 e. The van der Waals surface area contributed by atoms with Crippen molar-refractivity contribution < 1.29 is 9.53 Å². The van der Waals surface area contributed by atoms with Crippen molar-refractivity contribution in [3.05, 3.63) is 16.0 Å². The number of carbonyl (C=O) groups is 1. The van der Waals surface area contributed by atoms with Gasteiger partial charge in [-0.1, -0.05) is 0 Å². The molecule has 1 unspecified atom stereocenters. The van der Waals surface area contributed by atoms with Crippen LogP contribution in [0.2, 0.25) is 0 Å². The van der Waals surface area contributed by atoms with Crippen LogP contribution in [0.3, 0.4) is 0 Å². The predicted octanol–water partition coefficient (Wildman–Crippen LogP) is 0.740. The van der Waals surface area contributed by atoms with E-state index in [4.69, 9.17) is 4.74 Å². The van der Waals surface area contributed by atoms with E-state index in [9.17, 15) is 4.79 Å². The van der Waals surface area contributed by atoms with Gasteiger partial charge in [0.1, 0.15) is 6.04 Å². The molecule has 1 amide bonds. The Bertz CT molecular complexity index is 406. The van der Waals surface area contributed by atoms with Gasteiger partial charge >= 0.3 is 0 Å². The number of nitrogens with zero attached hydrogens (tertiary/aromatic N) is 3. The number of rotatable bonds is 3. The molecule has 1 fully saturated rings. The lowest BCUT2D eigenvalue weighted by atomic mass is 10.2. The molecule has 1 aliphatic rings. The van der Waals surface area contributed by atoms with Gasteiger partial charge in [0.25, 0.3) is 0 Å². The molecule has 6 nitrogen and oxygen atoms in total. The molecule has 2 rings (SSSR count). The number of anilines is 1. The van der Waals surface area contributed by atoms with Gasteiger partial charge in [-0.2, -0.15) is 0 Å². The minimum Gasteiger partial charge on any atom is -0.378 e. The summed E-state index contributed by atoms with van der Waals surface area (Å²) in [4.78, 5) is 22.2. The third-order valence-electron chi connectivity index (χ3n) is 2.66. The summed E-state index contributed by atoms with van der Waals surface area (Å²) < 4.78 is 6.18. The molecule has 98 valence electrons. The molecule has 0 spiro atoms. The van der Waals surface area contributed by atoms with E-state index in [1.165, 1.54) is 0 Å². The molecule has 1 saturated heterocycles. The Hall–Kier alpha value is -0.960. The second-order valence-corrected chi connectivity index (χ2v) is 5.27. The number of ether oxygens (including phenoxy) is 1. The Kier molecular flexibility index (Phi) is 4.70. The highest BCUT2D eigenvalue weighted by Gasteiger charge is 2.22. The first-order valence-corrected chi connectivity index (χ1v) is 6.85. The van der Waals surface area contributed by atoms with Gasteiger partial charge in [-0.05, 0) is 29.5 Å². The molecule has 1 aromatic rings. The normalized spacial score (nSPS) is 17.3. The first-order chi connectivity index (χ1) is 8.66. The summed E-state index contributed by atoms with van der Waals surface area (Å²) in [5.74, 6) is 0.532. The minimum atomic E-state index is -0.330. The number of hydrogen-bond donors (Lipinski definition) is 1. The topological polar surface area (TPSA) is 67.4 Å². The summed E-state index contributed by atoms with van der Waals surface area (Å²) in [5.41, 5.74) is 0. The van der Waals surface area contributed by atoms with Crippen LogP contribution in [0.15, 0.2) is 12.4 Å². The lowest BCUT2D eigenvalue weighted by Gasteiger charge is -2.29. The highest BCUT2D eigenvalue weighted by molar-refractivity contribution is 14.1. The molecule has 0 aliphatic carbocycles. The standard InChI is InChI=1S/C11H15IN4O2/c1-8(10(17)16-2-4-18-5-3-16)15-11-13-6-9(12)7-14-11/h6-8H,2-5H2,1H3,(H,13,14,15). The monoisotopic (exact) mass is 362 g/mol. The molecule has 1 aromatic heterocycles. The van der Waals surface area contributed by atoms with Crippen molar-refractivity contribution in [1.29, 1.82) is 0 Å². The molecule has 7 heteroatoms. The smallest absolute Gasteiger partial charge is 0.245 e. The summed E-state index contributed by atoms with van der Waals surface area (Å²) in [6.45, 7) is 4.34. The summed E-state index contributed by atoms with van der Waals surface area (Å²) in [6.07, 6.45) is 3.42. The average Bonchev–Trinajstić information content (AvgIpc) is 2.41. The second kappa shape index (κ2) is 6.28. The number of halogens is 1. The fourth-order valence-corrected chi connectivity index (χ4v) is 1.98. The maximum absolute atomic E-state index is 12.1. The molecule has 0 saturated carbocycles. The van der Waals surface area contributed by atoms with Crippen LogP contribution in [0, 0.1) is 3.57 Å². The summed E-state index contributed by atoms with van der Waals surface area (Å²) in [5, 5.41) is 3.01. The van der Waals surface area contributed by atoms with Crippen LogP contribution in [0.5, 0.6) is 0 Å². The fraction of sp³-hybridized carbons (Fsp3) is 0.545. The van der Waals surface area contributed by atoms with Crippen molar-refractivity contribution in [3.63, 3.8) is 0 Å². The lowest BCUT2D eigenvalue weighted by molar-refractivity contribution is -0.135. The Morgan fingerprint density at radius 2 is 2.06 bits per heavy atom. The molecule has 0 radical (unpaired) electrons. The van der Waals surface area contributed by atoms with Crippen molar-refractivity contribution in [3.8, 4) is 0 Å². The highest BCUT2D eigenvalue weighted by atomic mass is 127. The second-order valence-electron chi connectivity index (χ2n) is 4.03. The van der Waals surface area contributed by atoms with Gasteiger partial charge < -0.3 is 15.0 Å². The third-order valence-corrected chi connectivity index (χ3v) is 3.22. The van der Waals surface area contributed by atoms with E-state index in [1.54, 1.807) is 17.3 Å². The van der Waals surface area contributed by atoms with Crippen molar-refractivity contribution >= 4 is 34.4 Å². The van der Waals surface area contributed by atoms with E-state index in [0.29, 0.717) is 32.3 Å². The first-order valence-electron chi connectivity index (χ1n) is 5.77. The van der Waals surface area contributed by atoms with Crippen LogP contribution < -0.4 is 5.32 Å². The number of aromatic nitrogens is 2. The quantitative estimate of drug-likeness (QED) is 0.804. The van der Waals surface area contributed by atoms with Gasteiger partial charge in [-0.3, -0.25) is 4.79 Å². The van der Waals surface area contributed by atoms with Crippen molar-refractivity contribution in [2.45, 2.75) is 13.0 Å². The molecule has 1 aliphatic heterocycles. The number of amides is 1. The zero-order chi connectivity index (χ0) is 13.0. The summed E-state index contributed by atoms with van der Waals surface area (Å²) >= 11 is 2.14. The molecule has 2 heterocycles. The van der Waals surface area contributed by atoms with E-state index < -0.39 is 0 Å². The zero-order valence-corrected chi connectivity index (χ0v) is 12.3. The van der Waals surface area contributed by atoms with E-state index in [-0.39, 0.29) is 11.9 Å². The van der Waals surface area contributed by atoms with Crippen molar-refractivity contribution in [1.82, 2.24) is 14.9 Å². The minimum absolute atomic E-state index is 0.0560. The molecular formula is C11H15IN4O2. The number of hydrogen-bond acceptors (Lipinski definition) is 5. The SMILES string of the molecule is CC(Nc1ncc(I)cn1)C(=O)N1CCOCC1. The zero-order valence-electron chi connectivity index (χ0n) is 10.1. The number of morpholine rings is 1. The largest absolute Gasteiger partial charge is 0.378 e. The maximum atomic E-state index is 12.1. The first kappa shape index (κ1) is 13.5. The molecule has 1 atom stereocenters. The van der Waals surface area contributed by atoms with Crippen LogP contribution in [0.1, 0.15) is 6.92 Å². The van der Waals surface area contributed by atoms with Gasteiger partial charge in [0.15, 0.2) is 0 Å². The van der Waals surface area contributed by atoms with Crippen LogP contribution in [-0.4, -0.2) is 53.1 Å². The number of carbonyl (C=O) groups excluding carboxylic acids is 1. The number of nitrogens with one attached hydrogen (secondary N) is 1. The summed E-state index contributed by atoms with van der Waals surface area (Å²) in [7, 11) is 0. The van der Waals surface area contributed by atoms with Gasteiger partial charge in [-0.25, -0.2) is 9.97 Å². The van der Waals surface area contributed by atoms with E-state index in [0.717, 1.165) is 3.57 Å². The van der Waals surface area contributed by atoms with Gasteiger partial charge in [0.05, 0.1) is 13.2 Å². The van der Waals surface area contributed by atoms with Crippen molar-refractivity contribution in [2.24, 2.45) is 0 Å². The molecular weight excluding hydrogens is 347 g/mol. The average molecular weight is 362 g/mol. The highest BCUT2D eigenvalue weighted by Crippen LogP contribution is 2.07. The Balaban J connectivity index is 1.92. The Labute approximate surface area is 119 Å². The van der Waals surface area contributed by atoms with E-state index in [2.05, 4.69) is 37.9 Å². The van der Waals surface area contributed by atoms with E-state index in [1.807, 2.05) is 6.92 Å². The van der Waals surface area contributed by atoms with Gasteiger partial charge in [0.2, 0.25) is 11.9 Å². The van der Waals surface area contributed by atoms with E-state index >= 15 is 0 Å². The Morgan fingerprint density at radius 3 is 2.67 bits per heavy atom. The predicted molar refractivity (Wildman–Crippen MR) is 75.2 cm³/mol. The van der Waals surface area contributed by atoms with Crippen LogP contribution in [0.4, 0.5) is 5.95 Å². The van der Waals surface area contributed by atoms with Gasteiger partial charge in [-0.15, -0.1) is 0 Å². The molecule has 18 heavy (non-hydrogen) atoms. The third kappa shape index (κ3) is 3.52. The fourth-order valence-electron chi connectivity index (χ4n) is 1.70. The molecule has 0 bridgehead atoms. The van der Waals surface area contributed by atoms with Crippen LogP contribution in [0.25, 0.3) is 0 Å². The van der Waals surface area contributed by atoms with Crippen LogP contribution in [-0.2, 0) is 9.53 Å². The molecule has 0 aromatic carbocycles. The van der Waals surface area contributed by atoms with Crippen molar-refractivity contribution in [2.75, 3.05) is 31.6 Å². The summed E-state index contributed by atoms with van der Waals surface area (Å²) in [6, 6.07) is -0.330. The lowest BCUT2D eigenvalue weighted by Crippen LogP contribution is -2.47.